The van der Waals surface area contributed by atoms with Crippen molar-refractivity contribution >= 4 is 0 Å². The maximum absolute atomic E-state index is 6.29. The Morgan fingerprint density at radius 2 is 1.83 bits per heavy atom. The molecule has 0 radical (unpaired) electrons. The van der Waals surface area contributed by atoms with Crippen LogP contribution in [0.3, 0.4) is 0 Å². The van der Waals surface area contributed by atoms with Gasteiger partial charge in [0.15, 0.2) is 0 Å². The predicted molar refractivity (Wildman–Crippen MR) is 73.8 cm³/mol. The van der Waals surface area contributed by atoms with E-state index in [4.69, 9.17) is 15.2 Å². The summed E-state index contributed by atoms with van der Waals surface area (Å²) in [7, 11) is 3.49. The van der Waals surface area contributed by atoms with Gasteiger partial charge < -0.3 is 20.1 Å². The minimum atomic E-state index is 0.265. The molecule has 1 aliphatic heterocycles. The van der Waals surface area contributed by atoms with Gasteiger partial charge in [-0.1, -0.05) is 6.92 Å². The molecule has 2 N–H and O–H groups in total. The minimum Gasteiger partial charge on any atom is -0.383 e. The molecule has 108 valence electrons. The van der Waals surface area contributed by atoms with Crippen LogP contribution in [0, 0.1) is 0 Å². The third kappa shape index (κ3) is 4.82. The van der Waals surface area contributed by atoms with E-state index in [0.29, 0.717) is 6.04 Å². The fourth-order valence-electron chi connectivity index (χ4n) is 2.55. The first kappa shape index (κ1) is 15.9. The highest BCUT2D eigenvalue weighted by Crippen LogP contribution is 2.15. The van der Waals surface area contributed by atoms with Crippen LogP contribution in [0.25, 0.3) is 0 Å². The van der Waals surface area contributed by atoms with Crippen LogP contribution in [0.15, 0.2) is 0 Å². The molecule has 5 nitrogen and oxygen atoms in total. The summed E-state index contributed by atoms with van der Waals surface area (Å²) in [4.78, 5) is 4.89. The fraction of sp³-hybridized carbons (Fsp3) is 1.00. The molecule has 0 aliphatic carbocycles. The number of nitrogens with two attached hydrogens (primary N) is 1. The van der Waals surface area contributed by atoms with Gasteiger partial charge in [-0.3, -0.25) is 4.90 Å². The smallest absolute Gasteiger partial charge is 0.0589 e. The molecule has 0 aromatic carbocycles. The SMILES string of the molecule is CCN1CCC(N)C(N(CCOC)CCOC)C1. The maximum atomic E-state index is 6.29. The Labute approximate surface area is 111 Å². The van der Waals surface area contributed by atoms with Gasteiger partial charge in [0.05, 0.1) is 13.2 Å². The summed E-state index contributed by atoms with van der Waals surface area (Å²) in [5.74, 6) is 0. The molecule has 0 spiro atoms. The summed E-state index contributed by atoms with van der Waals surface area (Å²) >= 11 is 0. The topological polar surface area (TPSA) is 51.0 Å². The largest absolute Gasteiger partial charge is 0.383 e. The monoisotopic (exact) mass is 259 g/mol. The van der Waals surface area contributed by atoms with Gasteiger partial charge >= 0.3 is 0 Å². The summed E-state index contributed by atoms with van der Waals surface area (Å²) in [5.41, 5.74) is 6.29. The van der Waals surface area contributed by atoms with Crippen molar-refractivity contribution in [1.29, 1.82) is 0 Å². The number of piperidine rings is 1. The average Bonchev–Trinajstić information content (AvgIpc) is 2.40. The van der Waals surface area contributed by atoms with Crippen LogP contribution in [0.1, 0.15) is 13.3 Å². The van der Waals surface area contributed by atoms with E-state index in [1.54, 1.807) is 14.2 Å². The van der Waals surface area contributed by atoms with Gasteiger partial charge in [-0.25, -0.2) is 0 Å². The third-order valence-corrected chi connectivity index (χ3v) is 3.80. The second kappa shape index (κ2) is 8.82. The van der Waals surface area contributed by atoms with E-state index in [0.717, 1.165) is 52.4 Å². The summed E-state index contributed by atoms with van der Waals surface area (Å²) < 4.78 is 10.4. The summed E-state index contributed by atoms with van der Waals surface area (Å²) in [5, 5.41) is 0. The number of likely N-dealkylation sites (tertiary alicyclic amines) is 1. The Morgan fingerprint density at radius 1 is 1.22 bits per heavy atom. The molecule has 0 amide bonds. The lowest BCUT2D eigenvalue weighted by molar-refractivity contribution is 0.0431. The highest BCUT2D eigenvalue weighted by molar-refractivity contribution is 4.89. The number of hydrogen-bond donors (Lipinski definition) is 1. The summed E-state index contributed by atoms with van der Waals surface area (Å²) in [6.07, 6.45) is 1.08. The first-order valence-electron chi connectivity index (χ1n) is 6.92. The lowest BCUT2D eigenvalue weighted by atomic mass is 9.98. The van der Waals surface area contributed by atoms with Crippen molar-refractivity contribution in [1.82, 2.24) is 9.80 Å². The molecule has 5 heteroatoms. The molecule has 2 atom stereocenters. The molecule has 0 aromatic heterocycles. The third-order valence-electron chi connectivity index (χ3n) is 3.80. The second-order valence-corrected chi connectivity index (χ2v) is 4.93. The quantitative estimate of drug-likeness (QED) is 0.665. The van der Waals surface area contributed by atoms with Gasteiger partial charge in [0.25, 0.3) is 0 Å². The molecular weight excluding hydrogens is 230 g/mol. The van der Waals surface area contributed by atoms with Crippen LogP contribution in [0.2, 0.25) is 0 Å². The number of likely N-dealkylation sites (N-methyl/N-ethyl adjacent to an activating group) is 1. The molecule has 1 heterocycles. The number of methoxy groups -OCH3 is 2. The highest BCUT2D eigenvalue weighted by Gasteiger charge is 2.30. The zero-order chi connectivity index (χ0) is 13.4. The van der Waals surface area contributed by atoms with E-state index in [9.17, 15) is 0 Å². The standard InChI is InChI=1S/C13H29N3O2/c1-4-15-6-5-12(14)13(11-15)16(7-9-17-2)8-10-18-3/h12-13H,4-11,14H2,1-3H3. The van der Waals surface area contributed by atoms with Crippen LogP contribution in [0.5, 0.6) is 0 Å². The highest BCUT2D eigenvalue weighted by atomic mass is 16.5. The molecular formula is C13H29N3O2. The Hall–Kier alpha value is -0.200. The van der Waals surface area contributed by atoms with Crippen LogP contribution < -0.4 is 5.73 Å². The minimum absolute atomic E-state index is 0.265. The predicted octanol–water partition coefficient (Wildman–Crippen LogP) is 0.00270. The van der Waals surface area contributed by atoms with Crippen molar-refractivity contribution in [3.8, 4) is 0 Å². The van der Waals surface area contributed by atoms with Crippen molar-refractivity contribution in [2.45, 2.75) is 25.4 Å². The first-order valence-corrected chi connectivity index (χ1v) is 6.92. The van der Waals surface area contributed by atoms with Crippen molar-refractivity contribution in [3.05, 3.63) is 0 Å². The van der Waals surface area contributed by atoms with Crippen molar-refractivity contribution in [2.24, 2.45) is 5.73 Å². The fourth-order valence-corrected chi connectivity index (χ4v) is 2.55. The van der Waals surface area contributed by atoms with E-state index >= 15 is 0 Å². The molecule has 1 fully saturated rings. The molecule has 1 rings (SSSR count). The van der Waals surface area contributed by atoms with Crippen molar-refractivity contribution in [3.63, 3.8) is 0 Å². The Morgan fingerprint density at radius 3 is 2.33 bits per heavy atom. The zero-order valence-electron chi connectivity index (χ0n) is 12.1. The van der Waals surface area contributed by atoms with Gasteiger partial charge in [-0.15, -0.1) is 0 Å². The number of hydrogen-bond acceptors (Lipinski definition) is 5. The molecule has 2 unspecified atom stereocenters. The lowest BCUT2D eigenvalue weighted by Crippen LogP contribution is -2.59. The second-order valence-electron chi connectivity index (χ2n) is 4.93. The van der Waals surface area contributed by atoms with Crippen LogP contribution in [-0.2, 0) is 9.47 Å². The average molecular weight is 259 g/mol. The van der Waals surface area contributed by atoms with E-state index in [2.05, 4.69) is 16.7 Å². The Balaban J connectivity index is 2.55. The number of nitrogens with zero attached hydrogens (tertiary/aromatic N) is 2. The molecule has 18 heavy (non-hydrogen) atoms. The van der Waals surface area contributed by atoms with Gasteiger partial charge in [0, 0.05) is 45.9 Å². The Bertz CT molecular complexity index is 208. The van der Waals surface area contributed by atoms with Gasteiger partial charge in [0.1, 0.15) is 0 Å². The normalized spacial score (nSPS) is 25.8. The van der Waals surface area contributed by atoms with Gasteiger partial charge in [-0.2, -0.15) is 0 Å². The van der Waals surface area contributed by atoms with Crippen LogP contribution in [-0.4, -0.2) is 82.0 Å². The zero-order valence-corrected chi connectivity index (χ0v) is 12.1. The number of ether oxygens (including phenoxy) is 2. The summed E-state index contributed by atoms with van der Waals surface area (Å²) in [6.45, 7) is 8.85. The van der Waals surface area contributed by atoms with E-state index in [-0.39, 0.29) is 6.04 Å². The van der Waals surface area contributed by atoms with Crippen molar-refractivity contribution < 1.29 is 9.47 Å². The Kier molecular flexibility index (Phi) is 7.77. The molecule has 1 saturated heterocycles. The maximum Gasteiger partial charge on any atom is 0.0589 e. The molecule has 1 aliphatic rings. The van der Waals surface area contributed by atoms with Crippen LogP contribution in [0.4, 0.5) is 0 Å². The van der Waals surface area contributed by atoms with Gasteiger partial charge in [0.2, 0.25) is 0 Å². The van der Waals surface area contributed by atoms with Gasteiger partial charge in [-0.05, 0) is 19.5 Å². The van der Waals surface area contributed by atoms with Crippen LogP contribution >= 0.6 is 0 Å². The van der Waals surface area contributed by atoms with Crippen molar-refractivity contribution in [2.75, 3.05) is 60.2 Å². The molecule has 0 aromatic rings. The van der Waals surface area contributed by atoms with E-state index in [1.165, 1.54) is 0 Å². The lowest BCUT2D eigenvalue weighted by Gasteiger charge is -2.42. The number of rotatable bonds is 8. The molecule has 0 bridgehead atoms. The summed E-state index contributed by atoms with van der Waals surface area (Å²) in [6, 6.07) is 0.686. The first-order chi connectivity index (χ1) is 8.72. The van der Waals surface area contributed by atoms with E-state index < -0.39 is 0 Å². The molecule has 0 saturated carbocycles. The van der Waals surface area contributed by atoms with E-state index in [1.807, 2.05) is 0 Å².